The first-order valence-electron chi connectivity index (χ1n) is 6.24. The van der Waals surface area contributed by atoms with Gasteiger partial charge in [-0.2, -0.15) is 13.2 Å². The Morgan fingerprint density at radius 1 is 1.35 bits per heavy atom. The predicted octanol–water partition coefficient (Wildman–Crippen LogP) is 1.91. The molecule has 0 saturated heterocycles. The van der Waals surface area contributed by atoms with Gasteiger partial charge in [-0.1, -0.05) is 24.3 Å². The molecule has 20 heavy (non-hydrogen) atoms. The number of nitrogens with one attached hydrogen (secondary N) is 1. The molecule has 2 aliphatic rings. The molecule has 0 spiro atoms. The molecule has 3 atom stereocenters. The van der Waals surface area contributed by atoms with Gasteiger partial charge in [-0.05, 0) is 24.0 Å². The summed E-state index contributed by atoms with van der Waals surface area (Å²) in [6, 6.07) is 2.81. The van der Waals surface area contributed by atoms with Gasteiger partial charge in [-0.3, -0.25) is 0 Å². The number of alkyl halides is 3. The molecule has 1 aliphatic heterocycles. The lowest BCUT2D eigenvalue weighted by Gasteiger charge is -2.38. The van der Waals surface area contributed by atoms with Crippen molar-refractivity contribution in [3.05, 3.63) is 41.5 Å². The van der Waals surface area contributed by atoms with Crippen LogP contribution in [0.2, 0.25) is 0 Å². The van der Waals surface area contributed by atoms with Crippen molar-refractivity contribution in [2.75, 3.05) is 5.32 Å². The minimum atomic E-state index is -4.52. The molecule has 0 aromatic heterocycles. The molecular formula is C14H11F3NO2-. The summed E-state index contributed by atoms with van der Waals surface area (Å²) < 4.78 is 39.1. The zero-order chi connectivity index (χ0) is 14.5. The predicted molar refractivity (Wildman–Crippen MR) is 63.8 cm³/mol. The van der Waals surface area contributed by atoms with Crippen LogP contribution in [0.3, 0.4) is 0 Å². The van der Waals surface area contributed by atoms with Crippen LogP contribution in [0.25, 0.3) is 0 Å². The van der Waals surface area contributed by atoms with Gasteiger partial charge in [0.25, 0.3) is 0 Å². The van der Waals surface area contributed by atoms with E-state index in [9.17, 15) is 23.1 Å². The number of aliphatic carboxylic acids is 1. The monoisotopic (exact) mass is 282 g/mol. The number of hydrogen-bond acceptors (Lipinski definition) is 3. The first kappa shape index (κ1) is 13.0. The molecular weight excluding hydrogens is 271 g/mol. The summed E-state index contributed by atoms with van der Waals surface area (Å²) >= 11 is 0. The molecule has 0 bridgehead atoms. The maximum Gasteiger partial charge on any atom is 0.418 e. The molecule has 1 aromatic carbocycles. The Labute approximate surface area is 113 Å². The van der Waals surface area contributed by atoms with Crippen LogP contribution in [0.5, 0.6) is 0 Å². The van der Waals surface area contributed by atoms with Crippen LogP contribution in [0.15, 0.2) is 30.4 Å². The lowest BCUT2D eigenvalue weighted by molar-refractivity contribution is -0.308. The van der Waals surface area contributed by atoms with Gasteiger partial charge in [0.1, 0.15) is 0 Å². The molecule has 1 heterocycles. The molecule has 3 rings (SSSR count). The normalized spacial score (nSPS) is 27.6. The maximum atomic E-state index is 13.0. The first-order valence-corrected chi connectivity index (χ1v) is 6.24. The van der Waals surface area contributed by atoms with Crippen molar-refractivity contribution >= 4 is 11.7 Å². The molecule has 0 saturated carbocycles. The minimum absolute atomic E-state index is 0.137. The summed E-state index contributed by atoms with van der Waals surface area (Å²) in [6.45, 7) is 0. The fourth-order valence-corrected chi connectivity index (χ4v) is 3.09. The number of carbonyl (C=O) groups is 1. The van der Waals surface area contributed by atoms with Crippen molar-refractivity contribution in [1.29, 1.82) is 0 Å². The summed E-state index contributed by atoms with van der Waals surface area (Å²) in [6.07, 6.45) is -0.418. The van der Waals surface area contributed by atoms with Crippen molar-refractivity contribution in [1.82, 2.24) is 0 Å². The molecule has 0 amide bonds. The Balaban J connectivity index is 2.15. The Hall–Kier alpha value is -1.98. The molecule has 1 aliphatic carbocycles. The van der Waals surface area contributed by atoms with Crippen LogP contribution in [0, 0.1) is 5.92 Å². The fraction of sp³-hybridized carbons (Fsp3) is 0.357. The van der Waals surface area contributed by atoms with Crippen molar-refractivity contribution in [2.45, 2.75) is 24.6 Å². The molecule has 1 N–H and O–H groups in total. The van der Waals surface area contributed by atoms with E-state index in [1.165, 1.54) is 6.07 Å². The number of anilines is 1. The number of fused-ring (bicyclic) bond motifs is 3. The van der Waals surface area contributed by atoms with Crippen LogP contribution in [0.1, 0.15) is 23.5 Å². The molecule has 0 fully saturated rings. The second-order valence-electron chi connectivity index (χ2n) is 5.06. The van der Waals surface area contributed by atoms with Gasteiger partial charge in [-0.25, -0.2) is 0 Å². The van der Waals surface area contributed by atoms with E-state index in [2.05, 4.69) is 5.32 Å². The van der Waals surface area contributed by atoms with E-state index in [0.29, 0.717) is 12.0 Å². The van der Waals surface area contributed by atoms with Crippen LogP contribution in [-0.4, -0.2) is 12.0 Å². The van der Waals surface area contributed by atoms with E-state index in [1.807, 2.05) is 6.08 Å². The largest absolute Gasteiger partial charge is 0.548 e. The highest BCUT2D eigenvalue weighted by Crippen LogP contribution is 2.48. The summed E-state index contributed by atoms with van der Waals surface area (Å²) in [5.41, 5.74) is -0.474. The van der Waals surface area contributed by atoms with Gasteiger partial charge < -0.3 is 15.2 Å². The third kappa shape index (κ3) is 1.87. The first-order chi connectivity index (χ1) is 9.39. The average molecular weight is 282 g/mol. The molecule has 106 valence electrons. The van der Waals surface area contributed by atoms with Gasteiger partial charge in [0.2, 0.25) is 0 Å². The van der Waals surface area contributed by atoms with Crippen LogP contribution in [0.4, 0.5) is 18.9 Å². The van der Waals surface area contributed by atoms with Gasteiger partial charge in [0.05, 0.1) is 23.3 Å². The second kappa shape index (κ2) is 4.26. The van der Waals surface area contributed by atoms with Gasteiger partial charge in [0, 0.05) is 5.92 Å². The van der Waals surface area contributed by atoms with Crippen molar-refractivity contribution in [3.63, 3.8) is 0 Å². The van der Waals surface area contributed by atoms with Gasteiger partial charge in [-0.15, -0.1) is 0 Å². The summed E-state index contributed by atoms with van der Waals surface area (Å²) in [4.78, 5) is 11.2. The molecule has 6 heteroatoms. The topological polar surface area (TPSA) is 52.2 Å². The van der Waals surface area contributed by atoms with Crippen molar-refractivity contribution in [3.8, 4) is 0 Å². The Morgan fingerprint density at radius 3 is 2.75 bits per heavy atom. The number of carboxylic acids is 1. The second-order valence-corrected chi connectivity index (χ2v) is 5.06. The summed E-state index contributed by atoms with van der Waals surface area (Å²) in [7, 11) is 0. The number of carboxylic acid groups (broad SMARTS) is 1. The molecule has 0 radical (unpaired) electrons. The Bertz CT molecular complexity index is 595. The van der Waals surface area contributed by atoms with Crippen LogP contribution in [-0.2, 0) is 11.0 Å². The molecule has 1 aromatic rings. The van der Waals surface area contributed by atoms with Crippen molar-refractivity contribution in [2.24, 2.45) is 5.92 Å². The lowest BCUT2D eigenvalue weighted by Crippen LogP contribution is -2.49. The quantitative estimate of drug-likeness (QED) is 0.800. The summed E-state index contributed by atoms with van der Waals surface area (Å²) in [5, 5.41) is 13.7. The Kier molecular flexibility index (Phi) is 2.77. The standard InChI is InChI=1S/C14H12F3NO2/c15-14(16,17)10-6-2-5-8-7-3-1-4-9(7)12(13(19)20)18-11(8)10/h1-3,5-7,9,12,18H,4H2,(H,19,20)/p-1. The highest BCUT2D eigenvalue weighted by atomic mass is 19.4. The number of hydrogen-bond donors (Lipinski definition) is 1. The van der Waals surface area contributed by atoms with E-state index in [-0.39, 0.29) is 17.5 Å². The van der Waals surface area contributed by atoms with E-state index in [1.54, 1.807) is 12.1 Å². The number of allylic oxidation sites excluding steroid dienone is 2. The SMILES string of the molecule is O=C([O-])C1Nc2c(cccc2C(F)(F)F)C2C=CCC12. The summed E-state index contributed by atoms with van der Waals surface area (Å²) in [5.74, 6) is -1.97. The smallest absolute Gasteiger partial charge is 0.418 e. The van der Waals surface area contributed by atoms with E-state index < -0.39 is 23.8 Å². The lowest BCUT2D eigenvalue weighted by atomic mass is 9.78. The van der Waals surface area contributed by atoms with E-state index in [0.717, 1.165) is 6.07 Å². The van der Waals surface area contributed by atoms with E-state index >= 15 is 0 Å². The number of halogens is 3. The van der Waals surface area contributed by atoms with Crippen LogP contribution >= 0.6 is 0 Å². The number of rotatable bonds is 1. The third-order valence-corrected chi connectivity index (χ3v) is 3.96. The zero-order valence-electron chi connectivity index (χ0n) is 10.3. The molecule has 3 nitrogen and oxygen atoms in total. The molecule has 3 unspecified atom stereocenters. The van der Waals surface area contributed by atoms with Crippen molar-refractivity contribution < 1.29 is 23.1 Å². The van der Waals surface area contributed by atoms with Gasteiger partial charge in [0.15, 0.2) is 0 Å². The number of benzene rings is 1. The Morgan fingerprint density at radius 2 is 2.10 bits per heavy atom. The average Bonchev–Trinajstić information content (AvgIpc) is 2.84. The number of carbonyl (C=O) groups excluding carboxylic acids is 1. The minimum Gasteiger partial charge on any atom is -0.548 e. The number of para-hydroxylation sites is 1. The maximum absolute atomic E-state index is 13.0. The van der Waals surface area contributed by atoms with Gasteiger partial charge >= 0.3 is 6.18 Å². The van der Waals surface area contributed by atoms with E-state index in [4.69, 9.17) is 0 Å². The fourth-order valence-electron chi connectivity index (χ4n) is 3.09. The zero-order valence-corrected chi connectivity index (χ0v) is 10.3. The highest BCUT2D eigenvalue weighted by Gasteiger charge is 2.42. The van der Waals surface area contributed by atoms with Crippen LogP contribution < -0.4 is 10.4 Å². The highest BCUT2D eigenvalue weighted by molar-refractivity contribution is 5.80. The third-order valence-electron chi connectivity index (χ3n) is 3.96.